The van der Waals surface area contributed by atoms with Gasteiger partial charge in [-0.3, -0.25) is 4.79 Å². The van der Waals surface area contributed by atoms with Gasteiger partial charge in [-0.15, -0.1) is 0 Å². The molecular weight excluding hydrogens is 265 g/mol. The maximum Gasteiger partial charge on any atom is 0.416 e. The SMILES string of the molecule is COC(=O)C(=O)Nc1ccc(C(F)(F)F)cc1C#N. The first kappa shape index (κ1) is 14.5. The number of esters is 1. The molecule has 0 unspecified atom stereocenters. The molecule has 0 saturated heterocycles. The average molecular weight is 272 g/mol. The molecule has 0 aromatic heterocycles. The first-order chi connectivity index (χ1) is 8.79. The van der Waals surface area contributed by atoms with E-state index in [0.717, 1.165) is 13.2 Å². The van der Waals surface area contributed by atoms with Crippen molar-refractivity contribution in [3.05, 3.63) is 29.3 Å². The van der Waals surface area contributed by atoms with Crippen molar-refractivity contribution in [3.63, 3.8) is 0 Å². The standard InChI is InChI=1S/C11H7F3N2O3/c1-19-10(18)9(17)16-8-3-2-7(11(12,13)14)4-6(8)5-15/h2-4H,1H3,(H,16,17). The van der Waals surface area contributed by atoms with Gasteiger partial charge < -0.3 is 10.1 Å². The third kappa shape index (κ3) is 3.45. The molecule has 100 valence electrons. The molecule has 1 N–H and O–H groups in total. The van der Waals surface area contributed by atoms with Crippen LogP contribution >= 0.6 is 0 Å². The van der Waals surface area contributed by atoms with E-state index >= 15 is 0 Å². The lowest BCUT2D eigenvalue weighted by Gasteiger charge is -2.10. The minimum Gasteiger partial charge on any atom is -0.462 e. The predicted molar refractivity (Wildman–Crippen MR) is 56.8 cm³/mol. The molecule has 1 aromatic carbocycles. The lowest BCUT2D eigenvalue weighted by molar-refractivity contribution is -0.150. The summed E-state index contributed by atoms with van der Waals surface area (Å²) in [7, 11) is 0.972. The first-order valence-corrected chi connectivity index (χ1v) is 4.80. The molecule has 1 amide bonds. The van der Waals surface area contributed by atoms with Crippen molar-refractivity contribution in [2.75, 3.05) is 12.4 Å². The zero-order valence-electron chi connectivity index (χ0n) is 9.54. The van der Waals surface area contributed by atoms with Gasteiger partial charge in [0.15, 0.2) is 0 Å². The molecule has 0 heterocycles. The molecule has 0 radical (unpaired) electrons. The van der Waals surface area contributed by atoms with Crippen molar-refractivity contribution in [1.82, 2.24) is 0 Å². The maximum atomic E-state index is 12.4. The molecule has 0 atom stereocenters. The Labute approximate surface area is 105 Å². The average Bonchev–Trinajstić information content (AvgIpc) is 2.36. The van der Waals surface area contributed by atoms with E-state index in [9.17, 15) is 22.8 Å². The molecule has 0 aliphatic heterocycles. The molecular formula is C11H7F3N2O3. The van der Waals surface area contributed by atoms with Crippen LogP contribution in [-0.4, -0.2) is 19.0 Å². The van der Waals surface area contributed by atoms with Gasteiger partial charge in [0.25, 0.3) is 0 Å². The molecule has 0 saturated carbocycles. The Hall–Kier alpha value is -2.56. The summed E-state index contributed by atoms with van der Waals surface area (Å²) in [4.78, 5) is 22.0. The van der Waals surface area contributed by atoms with Crippen LogP contribution in [0.3, 0.4) is 0 Å². The Kier molecular flexibility index (Phi) is 4.11. The molecule has 0 aliphatic carbocycles. The van der Waals surface area contributed by atoms with Gasteiger partial charge in [0.1, 0.15) is 6.07 Å². The zero-order valence-corrected chi connectivity index (χ0v) is 9.54. The smallest absolute Gasteiger partial charge is 0.416 e. The van der Waals surface area contributed by atoms with Crippen LogP contribution in [0, 0.1) is 11.3 Å². The van der Waals surface area contributed by atoms with Gasteiger partial charge in [-0.05, 0) is 18.2 Å². The van der Waals surface area contributed by atoms with Crippen molar-refractivity contribution < 1.29 is 27.5 Å². The van der Waals surface area contributed by atoms with Crippen LogP contribution in [0.2, 0.25) is 0 Å². The number of methoxy groups -OCH3 is 1. The van der Waals surface area contributed by atoms with Crippen molar-refractivity contribution in [2.45, 2.75) is 6.18 Å². The van der Waals surface area contributed by atoms with Gasteiger partial charge in [-0.25, -0.2) is 4.79 Å². The third-order valence-corrected chi connectivity index (χ3v) is 2.09. The van der Waals surface area contributed by atoms with Crippen molar-refractivity contribution in [2.24, 2.45) is 0 Å². The summed E-state index contributed by atoms with van der Waals surface area (Å²) in [5.41, 5.74) is -1.64. The topological polar surface area (TPSA) is 79.2 Å². The van der Waals surface area contributed by atoms with E-state index in [-0.39, 0.29) is 5.69 Å². The van der Waals surface area contributed by atoms with Gasteiger partial charge in [-0.1, -0.05) is 0 Å². The zero-order chi connectivity index (χ0) is 14.6. The predicted octanol–water partition coefficient (Wildman–Crippen LogP) is 1.69. The summed E-state index contributed by atoms with van der Waals surface area (Å²) in [6.45, 7) is 0. The number of amides is 1. The molecule has 0 aliphatic rings. The Balaban J connectivity index is 3.08. The summed E-state index contributed by atoms with van der Waals surface area (Å²) in [6, 6.07) is 3.66. The number of alkyl halides is 3. The van der Waals surface area contributed by atoms with Gasteiger partial charge in [0.2, 0.25) is 0 Å². The van der Waals surface area contributed by atoms with Crippen LogP contribution in [0.4, 0.5) is 18.9 Å². The van der Waals surface area contributed by atoms with Crippen LogP contribution in [0.15, 0.2) is 18.2 Å². The summed E-state index contributed by atoms with van der Waals surface area (Å²) < 4.78 is 41.4. The fourth-order valence-electron chi connectivity index (χ4n) is 1.19. The molecule has 19 heavy (non-hydrogen) atoms. The number of hydrogen-bond acceptors (Lipinski definition) is 4. The Morgan fingerprint density at radius 1 is 1.37 bits per heavy atom. The second-order valence-corrected chi connectivity index (χ2v) is 3.32. The summed E-state index contributed by atoms with van der Waals surface area (Å²) in [5, 5.41) is 10.7. The van der Waals surface area contributed by atoms with E-state index in [2.05, 4.69) is 4.74 Å². The number of benzene rings is 1. The lowest BCUT2D eigenvalue weighted by Crippen LogP contribution is -2.24. The fourth-order valence-corrected chi connectivity index (χ4v) is 1.19. The second-order valence-electron chi connectivity index (χ2n) is 3.32. The summed E-state index contributed by atoms with van der Waals surface area (Å²) >= 11 is 0. The number of anilines is 1. The second kappa shape index (κ2) is 5.39. The number of ether oxygens (including phenoxy) is 1. The maximum absolute atomic E-state index is 12.4. The minimum absolute atomic E-state index is 0.203. The van der Waals surface area contributed by atoms with E-state index in [4.69, 9.17) is 5.26 Å². The number of halogens is 3. The van der Waals surface area contributed by atoms with Crippen LogP contribution in [0.5, 0.6) is 0 Å². The number of carbonyl (C=O) groups excluding carboxylic acids is 2. The van der Waals surface area contributed by atoms with Crippen LogP contribution < -0.4 is 5.32 Å². The highest BCUT2D eigenvalue weighted by Gasteiger charge is 2.31. The largest absolute Gasteiger partial charge is 0.462 e. The molecule has 8 heteroatoms. The Bertz CT molecular complexity index is 561. The quantitative estimate of drug-likeness (QED) is 0.623. The van der Waals surface area contributed by atoms with E-state index in [1.807, 2.05) is 5.32 Å². The highest BCUT2D eigenvalue weighted by molar-refractivity contribution is 6.37. The number of hydrogen-bond donors (Lipinski definition) is 1. The first-order valence-electron chi connectivity index (χ1n) is 4.80. The number of carbonyl (C=O) groups is 2. The molecule has 1 rings (SSSR count). The van der Waals surface area contributed by atoms with E-state index in [1.165, 1.54) is 6.07 Å². The molecule has 5 nitrogen and oxygen atoms in total. The summed E-state index contributed by atoms with van der Waals surface area (Å²) in [5.74, 6) is -2.40. The monoisotopic (exact) mass is 272 g/mol. The Morgan fingerprint density at radius 2 is 2.00 bits per heavy atom. The number of rotatable bonds is 1. The minimum atomic E-state index is -4.60. The lowest BCUT2D eigenvalue weighted by atomic mass is 10.1. The van der Waals surface area contributed by atoms with Gasteiger partial charge >= 0.3 is 18.1 Å². The molecule has 1 aromatic rings. The fraction of sp³-hybridized carbons (Fsp3) is 0.182. The van der Waals surface area contributed by atoms with E-state index in [1.54, 1.807) is 0 Å². The summed E-state index contributed by atoms with van der Waals surface area (Å²) in [6.07, 6.45) is -4.60. The van der Waals surface area contributed by atoms with Crippen LogP contribution in [-0.2, 0) is 20.5 Å². The Morgan fingerprint density at radius 3 is 2.47 bits per heavy atom. The van der Waals surface area contributed by atoms with Gasteiger partial charge in [0.05, 0.1) is 23.9 Å². The molecule has 0 spiro atoms. The number of nitrogens with one attached hydrogen (secondary N) is 1. The highest BCUT2D eigenvalue weighted by atomic mass is 19.4. The van der Waals surface area contributed by atoms with Crippen molar-refractivity contribution in [1.29, 1.82) is 5.26 Å². The number of nitriles is 1. The van der Waals surface area contributed by atoms with E-state index in [0.29, 0.717) is 12.1 Å². The van der Waals surface area contributed by atoms with Gasteiger partial charge in [0, 0.05) is 0 Å². The molecule has 0 fully saturated rings. The highest BCUT2D eigenvalue weighted by Crippen LogP contribution is 2.31. The third-order valence-electron chi connectivity index (χ3n) is 2.09. The molecule has 0 bridgehead atoms. The van der Waals surface area contributed by atoms with E-state index < -0.39 is 29.2 Å². The van der Waals surface area contributed by atoms with Crippen molar-refractivity contribution in [3.8, 4) is 6.07 Å². The van der Waals surface area contributed by atoms with Gasteiger partial charge in [-0.2, -0.15) is 18.4 Å². The normalized spacial score (nSPS) is 10.5. The number of nitrogens with zero attached hydrogens (tertiary/aromatic N) is 1. The van der Waals surface area contributed by atoms with Crippen molar-refractivity contribution >= 4 is 17.6 Å². The van der Waals surface area contributed by atoms with Crippen LogP contribution in [0.1, 0.15) is 11.1 Å². The van der Waals surface area contributed by atoms with Crippen LogP contribution in [0.25, 0.3) is 0 Å².